The number of nitrogens with one attached hydrogen (secondary N) is 1. The van der Waals surface area contributed by atoms with Gasteiger partial charge in [-0.1, -0.05) is 30.3 Å². The molecule has 0 spiro atoms. The van der Waals surface area contributed by atoms with E-state index in [1.807, 2.05) is 37.3 Å². The Kier molecular flexibility index (Phi) is 5.48. The Bertz CT molecular complexity index is 642. The molecule has 0 radical (unpaired) electrons. The third-order valence-electron chi connectivity index (χ3n) is 2.85. The van der Waals surface area contributed by atoms with Crippen LogP contribution in [0, 0.1) is 6.92 Å². The number of carbonyl (C=O) groups excluding carboxylic acids is 1. The van der Waals surface area contributed by atoms with Crippen molar-refractivity contribution in [1.29, 1.82) is 0 Å². The summed E-state index contributed by atoms with van der Waals surface area (Å²) in [5.41, 5.74) is 0.833. The molecule has 0 aliphatic carbocycles. The van der Waals surface area contributed by atoms with E-state index in [1.54, 1.807) is 6.20 Å². The molecule has 1 aromatic heterocycles. The minimum absolute atomic E-state index is 0.0926. The summed E-state index contributed by atoms with van der Waals surface area (Å²) >= 11 is 1.40. The number of carboxylic acid groups (broad SMARTS) is 1. The van der Waals surface area contributed by atoms with Crippen molar-refractivity contribution in [2.24, 2.45) is 0 Å². The molecule has 0 aliphatic heterocycles. The van der Waals surface area contributed by atoms with Crippen LogP contribution in [-0.4, -0.2) is 28.2 Å². The minimum atomic E-state index is -1.12. The van der Waals surface area contributed by atoms with Crippen LogP contribution >= 0.6 is 11.3 Å². The maximum atomic E-state index is 11.7. The first-order chi connectivity index (χ1) is 10.5. The Morgan fingerprint density at radius 2 is 2.09 bits per heavy atom. The second-order valence-corrected chi connectivity index (χ2v) is 5.98. The first-order valence-corrected chi connectivity index (χ1v) is 7.47. The van der Waals surface area contributed by atoms with Crippen molar-refractivity contribution in [1.82, 2.24) is 10.3 Å². The van der Waals surface area contributed by atoms with Gasteiger partial charge in [0.1, 0.15) is 12.6 Å². The molecule has 0 saturated heterocycles. The number of alkyl carbamates (subject to hydrolysis) is 1. The van der Waals surface area contributed by atoms with E-state index in [9.17, 15) is 14.7 Å². The van der Waals surface area contributed by atoms with Crippen molar-refractivity contribution in [3.63, 3.8) is 0 Å². The third kappa shape index (κ3) is 4.85. The van der Waals surface area contributed by atoms with Gasteiger partial charge in [0.2, 0.25) is 0 Å². The lowest BCUT2D eigenvalue weighted by Crippen LogP contribution is -2.42. The van der Waals surface area contributed by atoms with E-state index in [2.05, 4.69) is 10.3 Å². The van der Waals surface area contributed by atoms with Crippen LogP contribution in [0.3, 0.4) is 0 Å². The summed E-state index contributed by atoms with van der Waals surface area (Å²) < 4.78 is 5.02. The van der Waals surface area contributed by atoms with Crippen LogP contribution in [0.25, 0.3) is 0 Å². The molecule has 1 heterocycles. The van der Waals surface area contributed by atoms with Crippen molar-refractivity contribution in [3.8, 4) is 0 Å². The Labute approximate surface area is 131 Å². The molecule has 2 rings (SSSR count). The molecule has 0 aliphatic rings. The largest absolute Gasteiger partial charge is 0.480 e. The number of aromatic nitrogens is 1. The molecule has 1 unspecified atom stereocenters. The molecule has 7 heteroatoms. The Hall–Kier alpha value is -2.41. The van der Waals surface area contributed by atoms with E-state index in [0.29, 0.717) is 5.01 Å². The smallest absolute Gasteiger partial charge is 0.408 e. The molecule has 0 bridgehead atoms. The van der Waals surface area contributed by atoms with Gasteiger partial charge < -0.3 is 15.2 Å². The number of hydrogen-bond donors (Lipinski definition) is 2. The number of rotatable bonds is 6. The van der Waals surface area contributed by atoms with Crippen molar-refractivity contribution in [3.05, 3.63) is 52.0 Å². The van der Waals surface area contributed by atoms with Crippen molar-refractivity contribution in [2.45, 2.75) is 26.0 Å². The standard InChI is InChI=1S/C15H16N2O4S/c1-10-8-16-13(22-10)7-12(14(18)19)17-15(20)21-9-11-5-3-2-4-6-11/h2-6,8,12H,7,9H2,1H3,(H,17,20)(H,18,19). The molecule has 2 N–H and O–H groups in total. The number of aliphatic carboxylic acids is 1. The van der Waals surface area contributed by atoms with Crippen molar-refractivity contribution < 1.29 is 19.4 Å². The first kappa shape index (κ1) is 16.0. The van der Waals surface area contributed by atoms with Crippen molar-refractivity contribution >= 4 is 23.4 Å². The lowest BCUT2D eigenvalue weighted by molar-refractivity contribution is -0.139. The highest BCUT2D eigenvalue weighted by molar-refractivity contribution is 7.11. The minimum Gasteiger partial charge on any atom is -0.480 e. The summed E-state index contributed by atoms with van der Waals surface area (Å²) in [7, 11) is 0. The average Bonchev–Trinajstić information content (AvgIpc) is 2.91. The van der Waals surface area contributed by atoms with Gasteiger partial charge in [-0.25, -0.2) is 14.6 Å². The zero-order valence-electron chi connectivity index (χ0n) is 12.0. The second-order valence-electron chi connectivity index (χ2n) is 4.67. The number of carbonyl (C=O) groups is 2. The van der Waals surface area contributed by atoms with Gasteiger partial charge in [0.15, 0.2) is 0 Å². The number of hydrogen-bond acceptors (Lipinski definition) is 5. The Morgan fingerprint density at radius 1 is 1.36 bits per heavy atom. The number of nitrogens with zero attached hydrogens (tertiary/aromatic N) is 1. The first-order valence-electron chi connectivity index (χ1n) is 6.66. The van der Waals surface area contributed by atoms with Crippen LogP contribution in [0.4, 0.5) is 4.79 Å². The molecule has 22 heavy (non-hydrogen) atoms. The van der Waals surface area contributed by atoms with Gasteiger partial charge in [-0.05, 0) is 12.5 Å². The maximum Gasteiger partial charge on any atom is 0.408 e. The molecule has 1 atom stereocenters. The van der Waals surface area contributed by atoms with Gasteiger partial charge in [-0.15, -0.1) is 11.3 Å². The molecular formula is C15H16N2O4S. The maximum absolute atomic E-state index is 11.7. The topological polar surface area (TPSA) is 88.5 Å². The lowest BCUT2D eigenvalue weighted by atomic mass is 10.2. The Morgan fingerprint density at radius 3 is 2.68 bits per heavy atom. The summed E-state index contributed by atoms with van der Waals surface area (Å²) in [5.74, 6) is -1.12. The van der Waals surface area contributed by atoms with Crippen LogP contribution in [0.15, 0.2) is 36.5 Å². The summed E-state index contributed by atoms with van der Waals surface area (Å²) in [5, 5.41) is 12.2. The number of carboxylic acids is 1. The summed E-state index contributed by atoms with van der Waals surface area (Å²) in [6.07, 6.45) is 1.05. The van der Waals surface area contributed by atoms with E-state index in [1.165, 1.54) is 11.3 Å². The average molecular weight is 320 g/mol. The van der Waals surface area contributed by atoms with E-state index in [4.69, 9.17) is 4.74 Å². The molecule has 1 amide bonds. The van der Waals surface area contributed by atoms with Gasteiger partial charge in [-0.2, -0.15) is 0 Å². The molecule has 2 aromatic rings. The van der Waals surface area contributed by atoms with Gasteiger partial charge in [0.05, 0.1) is 5.01 Å². The number of aryl methyl sites for hydroxylation is 1. The van der Waals surface area contributed by atoms with Gasteiger partial charge in [0.25, 0.3) is 0 Å². The number of amides is 1. The quantitative estimate of drug-likeness (QED) is 0.853. The number of benzene rings is 1. The van der Waals surface area contributed by atoms with E-state index >= 15 is 0 Å². The highest BCUT2D eigenvalue weighted by atomic mass is 32.1. The fraction of sp³-hybridized carbons (Fsp3) is 0.267. The SMILES string of the molecule is Cc1cnc(CC(NC(=O)OCc2ccccc2)C(=O)O)s1. The van der Waals surface area contributed by atoms with E-state index in [-0.39, 0.29) is 13.0 Å². The van der Waals surface area contributed by atoms with E-state index < -0.39 is 18.1 Å². The van der Waals surface area contributed by atoms with Crippen LogP contribution in [0.1, 0.15) is 15.4 Å². The number of ether oxygens (including phenoxy) is 1. The molecular weight excluding hydrogens is 304 g/mol. The summed E-state index contributed by atoms with van der Waals surface area (Å²) in [4.78, 5) is 28.0. The summed E-state index contributed by atoms with van der Waals surface area (Å²) in [6, 6.07) is 8.11. The van der Waals surface area contributed by atoms with Crippen LogP contribution < -0.4 is 5.32 Å². The lowest BCUT2D eigenvalue weighted by Gasteiger charge is -2.13. The zero-order chi connectivity index (χ0) is 15.9. The Balaban J connectivity index is 1.87. The van der Waals surface area contributed by atoms with Crippen LogP contribution in [0.5, 0.6) is 0 Å². The second kappa shape index (κ2) is 7.56. The van der Waals surface area contributed by atoms with Gasteiger partial charge in [0, 0.05) is 17.5 Å². The third-order valence-corrected chi connectivity index (χ3v) is 3.79. The van der Waals surface area contributed by atoms with Gasteiger partial charge in [-0.3, -0.25) is 0 Å². The van der Waals surface area contributed by atoms with Crippen LogP contribution in [0.2, 0.25) is 0 Å². The molecule has 0 fully saturated rings. The zero-order valence-corrected chi connectivity index (χ0v) is 12.8. The van der Waals surface area contributed by atoms with Gasteiger partial charge >= 0.3 is 12.1 Å². The molecule has 116 valence electrons. The fourth-order valence-corrected chi connectivity index (χ4v) is 2.61. The van der Waals surface area contributed by atoms with Crippen LogP contribution in [-0.2, 0) is 22.6 Å². The predicted molar refractivity (Wildman–Crippen MR) is 81.7 cm³/mol. The fourth-order valence-electron chi connectivity index (χ4n) is 1.78. The number of thiazole rings is 1. The molecule has 1 aromatic carbocycles. The predicted octanol–water partition coefficient (Wildman–Crippen LogP) is 2.37. The van der Waals surface area contributed by atoms with Crippen molar-refractivity contribution in [2.75, 3.05) is 0 Å². The molecule has 6 nitrogen and oxygen atoms in total. The highest BCUT2D eigenvalue weighted by Crippen LogP contribution is 2.13. The monoisotopic (exact) mass is 320 g/mol. The van der Waals surface area contributed by atoms with E-state index in [0.717, 1.165) is 10.4 Å². The normalized spacial score (nSPS) is 11.7. The molecule has 0 saturated carbocycles. The highest BCUT2D eigenvalue weighted by Gasteiger charge is 2.22. The summed E-state index contributed by atoms with van der Waals surface area (Å²) in [6.45, 7) is 1.98.